The van der Waals surface area contributed by atoms with Gasteiger partial charge in [0, 0.05) is 23.9 Å². The molecule has 1 atom stereocenters. The quantitative estimate of drug-likeness (QED) is 0.632. The molecule has 6 nitrogen and oxygen atoms in total. The van der Waals surface area contributed by atoms with Crippen molar-refractivity contribution in [3.63, 3.8) is 0 Å². The Morgan fingerprint density at radius 2 is 2.08 bits per heavy atom. The smallest absolute Gasteiger partial charge is 0.166 e. The van der Waals surface area contributed by atoms with Crippen molar-refractivity contribution in [2.75, 3.05) is 5.32 Å². The highest BCUT2D eigenvalue weighted by atomic mass is 35.5. The van der Waals surface area contributed by atoms with Crippen LogP contribution in [-0.4, -0.2) is 25.3 Å². The zero-order chi connectivity index (χ0) is 18.3. The van der Waals surface area contributed by atoms with Crippen LogP contribution in [0.5, 0.6) is 0 Å². The first kappa shape index (κ1) is 16.9. The van der Waals surface area contributed by atoms with E-state index in [0.29, 0.717) is 23.1 Å². The van der Waals surface area contributed by atoms with Gasteiger partial charge < -0.3 is 10.4 Å². The Bertz CT molecular complexity index is 954. The van der Waals surface area contributed by atoms with E-state index in [1.807, 2.05) is 6.07 Å². The molecule has 1 aromatic carbocycles. The van der Waals surface area contributed by atoms with Gasteiger partial charge in [0.05, 0.1) is 5.02 Å². The summed E-state index contributed by atoms with van der Waals surface area (Å²) in [5.41, 5.74) is -0.161. The van der Waals surface area contributed by atoms with Gasteiger partial charge in [-0.3, -0.25) is 5.10 Å². The maximum Gasteiger partial charge on any atom is 0.166 e. The molecule has 0 saturated heterocycles. The molecule has 2 heterocycles. The van der Waals surface area contributed by atoms with Gasteiger partial charge in [0.25, 0.3) is 0 Å². The van der Waals surface area contributed by atoms with E-state index in [1.165, 1.54) is 38.1 Å². The number of H-pyrrole nitrogens is 1. The van der Waals surface area contributed by atoms with E-state index in [1.54, 1.807) is 12.1 Å². The molecule has 0 aliphatic heterocycles. The van der Waals surface area contributed by atoms with Crippen LogP contribution in [0.3, 0.4) is 0 Å². The Balaban J connectivity index is 1.60. The maximum absolute atomic E-state index is 13.8. The topological polar surface area (TPSA) is 86.7 Å². The zero-order valence-corrected chi connectivity index (χ0v) is 14.8. The van der Waals surface area contributed by atoms with E-state index >= 15 is 0 Å². The maximum atomic E-state index is 13.8. The molecule has 0 bridgehead atoms. The lowest BCUT2D eigenvalue weighted by atomic mass is 9.95. The molecule has 4 rings (SSSR count). The molecular weight excluding hydrogens is 357 g/mol. The fourth-order valence-electron chi connectivity index (χ4n) is 2.73. The predicted molar refractivity (Wildman–Crippen MR) is 96.0 cm³/mol. The molecule has 0 radical (unpaired) electrons. The molecule has 1 fully saturated rings. The standard InChI is InChI=1S/C18H17ClFN5O/c1-18(26,11-4-5-12(19)13(20)8-11)17-21-7-6-15(23-17)22-16-9-14(24-25-16)10-2-3-10/h4-10,26H,2-3H2,1H3,(H2,21,22,23,24,25). The van der Waals surface area contributed by atoms with E-state index in [-0.39, 0.29) is 10.8 Å². The molecule has 1 unspecified atom stereocenters. The van der Waals surface area contributed by atoms with Crippen molar-refractivity contribution in [2.24, 2.45) is 0 Å². The molecular formula is C18H17ClFN5O. The highest BCUT2D eigenvalue weighted by Crippen LogP contribution is 2.39. The molecule has 2 aromatic heterocycles. The molecule has 8 heteroatoms. The van der Waals surface area contributed by atoms with E-state index in [2.05, 4.69) is 25.5 Å². The summed E-state index contributed by atoms with van der Waals surface area (Å²) >= 11 is 5.71. The van der Waals surface area contributed by atoms with Gasteiger partial charge in [-0.25, -0.2) is 14.4 Å². The summed E-state index contributed by atoms with van der Waals surface area (Å²) in [6.07, 6.45) is 3.89. The summed E-state index contributed by atoms with van der Waals surface area (Å²) in [6.45, 7) is 1.51. The molecule has 1 saturated carbocycles. The number of hydrogen-bond acceptors (Lipinski definition) is 5. The van der Waals surface area contributed by atoms with Gasteiger partial charge in [-0.05, 0) is 43.5 Å². The average molecular weight is 374 g/mol. The lowest BCUT2D eigenvalue weighted by Gasteiger charge is -2.22. The SMILES string of the molecule is CC(O)(c1ccc(Cl)c(F)c1)c1nccc(Nc2cc(C3CC3)[nH]n2)n1. The normalized spacial score (nSPS) is 16.3. The Labute approximate surface area is 154 Å². The van der Waals surface area contributed by atoms with Crippen molar-refractivity contribution in [1.82, 2.24) is 20.2 Å². The fourth-order valence-corrected chi connectivity index (χ4v) is 2.84. The Morgan fingerprint density at radius 3 is 2.81 bits per heavy atom. The molecule has 0 amide bonds. The van der Waals surface area contributed by atoms with Gasteiger partial charge in [0.1, 0.15) is 17.2 Å². The van der Waals surface area contributed by atoms with Gasteiger partial charge in [-0.1, -0.05) is 17.7 Å². The van der Waals surface area contributed by atoms with Crippen LogP contribution >= 0.6 is 11.6 Å². The Kier molecular flexibility index (Phi) is 4.13. The Hall–Kier alpha value is -2.51. The van der Waals surface area contributed by atoms with Crippen LogP contribution in [0.1, 0.15) is 42.8 Å². The fraction of sp³-hybridized carbons (Fsp3) is 0.278. The second kappa shape index (κ2) is 6.34. The van der Waals surface area contributed by atoms with Crippen molar-refractivity contribution in [1.29, 1.82) is 0 Å². The van der Waals surface area contributed by atoms with Crippen LogP contribution in [0.4, 0.5) is 16.0 Å². The first-order valence-electron chi connectivity index (χ1n) is 8.27. The zero-order valence-electron chi connectivity index (χ0n) is 14.0. The number of rotatable bonds is 5. The molecule has 3 N–H and O–H groups in total. The van der Waals surface area contributed by atoms with Crippen LogP contribution in [0.2, 0.25) is 5.02 Å². The average Bonchev–Trinajstić information content (AvgIpc) is 3.37. The van der Waals surface area contributed by atoms with Crippen molar-refractivity contribution in [2.45, 2.75) is 31.3 Å². The van der Waals surface area contributed by atoms with Crippen LogP contribution in [-0.2, 0) is 5.60 Å². The number of benzene rings is 1. The minimum absolute atomic E-state index is 0.00844. The summed E-state index contributed by atoms with van der Waals surface area (Å²) < 4.78 is 13.8. The summed E-state index contributed by atoms with van der Waals surface area (Å²) in [4.78, 5) is 8.50. The number of anilines is 2. The third-order valence-corrected chi connectivity index (χ3v) is 4.75. The number of aromatic amines is 1. The molecule has 3 aromatic rings. The third-order valence-electron chi connectivity index (χ3n) is 4.44. The number of halogens is 2. The number of nitrogens with zero attached hydrogens (tertiary/aromatic N) is 3. The molecule has 1 aliphatic rings. The van der Waals surface area contributed by atoms with Crippen molar-refractivity contribution >= 4 is 23.2 Å². The van der Waals surface area contributed by atoms with Crippen LogP contribution < -0.4 is 5.32 Å². The summed E-state index contributed by atoms with van der Waals surface area (Å²) in [6, 6.07) is 7.75. The van der Waals surface area contributed by atoms with Crippen LogP contribution in [0, 0.1) is 5.82 Å². The highest BCUT2D eigenvalue weighted by molar-refractivity contribution is 6.30. The lowest BCUT2D eigenvalue weighted by Crippen LogP contribution is -2.26. The second-order valence-corrected chi connectivity index (χ2v) is 6.98. The first-order valence-corrected chi connectivity index (χ1v) is 8.65. The van der Waals surface area contributed by atoms with Gasteiger partial charge in [0.2, 0.25) is 0 Å². The largest absolute Gasteiger partial charge is 0.377 e. The van der Waals surface area contributed by atoms with Gasteiger partial charge in [-0.2, -0.15) is 5.10 Å². The molecule has 134 valence electrons. The van der Waals surface area contributed by atoms with E-state index in [9.17, 15) is 9.50 Å². The van der Waals surface area contributed by atoms with Gasteiger partial charge >= 0.3 is 0 Å². The third kappa shape index (κ3) is 3.27. The van der Waals surface area contributed by atoms with Crippen molar-refractivity contribution < 1.29 is 9.50 Å². The first-order chi connectivity index (χ1) is 12.4. The number of aromatic nitrogens is 4. The predicted octanol–water partition coefficient (Wildman–Crippen LogP) is 3.87. The highest BCUT2D eigenvalue weighted by Gasteiger charge is 2.30. The van der Waals surface area contributed by atoms with E-state index in [4.69, 9.17) is 11.6 Å². The van der Waals surface area contributed by atoms with E-state index in [0.717, 1.165) is 5.69 Å². The van der Waals surface area contributed by atoms with Crippen LogP contribution in [0.15, 0.2) is 36.5 Å². The minimum atomic E-state index is -1.58. The number of hydrogen-bond donors (Lipinski definition) is 3. The van der Waals surface area contributed by atoms with Crippen molar-refractivity contribution in [3.8, 4) is 0 Å². The monoisotopic (exact) mass is 373 g/mol. The van der Waals surface area contributed by atoms with Gasteiger partial charge in [0.15, 0.2) is 11.6 Å². The summed E-state index contributed by atoms with van der Waals surface area (Å²) in [5, 5.41) is 21.2. The summed E-state index contributed by atoms with van der Waals surface area (Å²) in [7, 11) is 0. The molecule has 0 spiro atoms. The number of nitrogens with one attached hydrogen (secondary N) is 2. The lowest BCUT2D eigenvalue weighted by molar-refractivity contribution is 0.0919. The van der Waals surface area contributed by atoms with Crippen molar-refractivity contribution in [3.05, 3.63) is 64.5 Å². The molecule has 26 heavy (non-hydrogen) atoms. The van der Waals surface area contributed by atoms with Gasteiger partial charge in [-0.15, -0.1) is 0 Å². The second-order valence-electron chi connectivity index (χ2n) is 6.57. The van der Waals surface area contributed by atoms with Crippen LogP contribution in [0.25, 0.3) is 0 Å². The summed E-state index contributed by atoms with van der Waals surface area (Å²) in [5.74, 6) is 1.23. The Morgan fingerprint density at radius 1 is 1.27 bits per heavy atom. The number of aliphatic hydroxyl groups is 1. The minimum Gasteiger partial charge on any atom is -0.377 e. The molecule has 1 aliphatic carbocycles. The van der Waals surface area contributed by atoms with E-state index < -0.39 is 11.4 Å².